The minimum atomic E-state index is -0.861. The average Bonchev–Trinajstić information content (AvgIpc) is 3.33. The number of rotatable bonds is 30. The molecule has 0 aromatic heterocycles. The van der Waals surface area contributed by atoms with Gasteiger partial charge in [0.1, 0.15) is 0 Å². The summed E-state index contributed by atoms with van der Waals surface area (Å²) >= 11 is 0. The zero-order valence-corrected chi connectivity index (χ0v) is 48.3. The van der Waals surface area contributed by atoms with E-state index in [2.05, 4.69) is 81.4 Å². The Bertz CT molecular complexity index is 2590. The fraction of sp³-hybridized carbons (Fsp3) is 0.588. The highest BCUT2D eigenvalue weighted by Gasteiger charge is 2.42. The summed E-state index contributed by atoms with van der Waals surface area (Å²) in [4.78, 5) is 50.9. The van der Waals surface area contributed by atoms with Crippen LogP contribution in [0.3, 0.4) is 0 Å². The maximum absolute atomic E-state index is 12.8. The van der Waals surface area contributed by atoms with Gasteiger partial charge in [-0.2, -0.15) is 0 Å². The lowest BCUT2D eigenvalue weighted by Crippen LogP contribution is -2.31. The first-order valence-electron chi connectivity index (χ1n) is 29.4. The Balaban J connectivity index is 0.000000284. The van der Waals surface area contributed by atoms with Crippen LogP contribution >= 0.6 is 0 Å². The summed E-state index contributed by atoms with van der Waals surface area (Å²) in [6.07, 6.45) is 23.0. The van der Waals surface area contributed by atoms with Gasteiger partial charge in [-0.15, -0.1) is 0 Å². The Hall–Kier alpha value is -5.24. The van der Waals surface area contributed by atoms with Crippen molar-refractivity contribution in [3.63, 3.8) is 0 Å². The van der Waals surface area contributed by atoms with Crippen LogP contribution in [0, 0.1) is 46.3 Å². The van der Waals surface area contributed by atoms with Gasteiger partial charge in [-0.1, -0.05) is 244 Å². The second-order valence-corrected chi connectivity index (χ2v) is 25.9. The van der Waals surface area contributed by atoms with Crippen LogP contribution in [-0.4, -0.2) is 44.3 Å². The van der Waals surface area contributed by atoms with E-state index in [0.29, 0.717) is 25.7 Å². The van der Waals surface area contributed by atoms with Crippen molar-refractivity contribution in [2.24, 2.45) is 46.3 Å². The molecule has 2 aliphatic rings. The summed E-state index contributed by atoms with van der Waals surface area (Å²) in [6.45, 7) is 22.0. The van der Waals surface area contributed by atoms with Gasteiger partial charge in [0.05, 0.1) is 23.7 Å². The van der Waals surface area contributed by atoms with E-state index in [9.17, 15) is 39.6 Å². The quantitative estimate of drug-likeness (QED) is 0.0377. The van der Waals surface area contributed by atoms with Crippen LogP contribution in [0.4, 0.5) is 0 Å². The predicted octanol–water partition coefficient (Wildman–Crippen LogP) is 18.7. The molecule has 8 nitrogen and oxygen atoms in total. The van der Waals surface area contributed by atoms with Gasteiger partial charge in [0.2, 0.25) is 0 Å². The Morgan fingerprint density at radius 2 is 0.724 bits per heavy atom. The van der Waals surface area contributed by atoms with E-state index < -0.39 is 59.4 Å². The van der Waals surface area contributed by atoms with Gasteiger partial charge in [0, 0.05) is 11.8 Å². The highest BCUT2D eigenvalue weighted by Crippen LogP contribution is 2.50. The molecule has 0 fully saturated rings. The molecule has 416 valence electrons. The number of aliphatic carboxylic acids is 4. The van der Waals surface area contributed by atoms with Gasteiger partial charge < -0.3 is 20.4 Å². The number of hydrogen-bond acceptors (Lipinski definition) is 4. The SMILES string of the molecule is CC(C)(C)CCCC(C(=O)O)C1=Cc2cccc3cccc(c23)C1C(CCCC(C)(C)C)C(=O)O.CC(C)CCCCCCCC(C(=O)O)C1=Cc2cccc3cccc(c23)C1C(CCCCCCCC(C)C)C(=O)O. The van der Waals surface area contributed by atoms with Crippen LogP contribution in [0.1, 0.15) is 232 Å². The number of carbonyl (C=O) groups is 4. The Morgan fingerprint density at radius 1 is 0.408 bits per heavy atom. The molecule has 0 aliphatic heterocycles. The van der Waals surface area contributed by atoms with Crippen LogP contribution in [0.25, 0.3) is 33.7 Å². The molecule has 0 bridgehead atoms. The molecular weight excluding hydrogens is 945 g/mol. The molecule has 0 saturated heterocycles. The molecule has 4 aromatic carbocycles. The first-order valence-corrected chi connectivity index (χ1v) is 29.4. The van der Waals surface area contributed by atoms with Crippen molar-refractivity contribution in [3.8, 4) is 0 Å². The molecule has 6 unspecified atom stereocenters. The van der Waals surface area contributed by atoms with Crippen molar-refractivity contribution in [1.29, 1.82) is 0 Å². The van der Waals surface area contributed by atoms with Crippen molar-refractivity contribution >= 4 is 57.6 Å². The number of unbranched alkanes of at least 4 members (excludes halogenated alkanes) is 8. The van der Waals surface area contributed by atoms with E-state index in [4.69, 9.17) is 0 Å². The first-order chi connectivity index (χ1) is 36.0. The number of hydrogen-bond donors (Lipinski definition) is 4. The monoisotopic (exact) mass is 1040 g/mol. The Labute approximate surface area is 457 Å². The molecule has 6 rings (SSSR count). The van der Waals surface area contributed by atoms with Crippen LogP contribution in [0.15, 0.2) is 83.9 Å². The smallest absolute Gasteiger partial charge is 0.310 e. The lowest BCUT2D eigenvalue weighted by atomic mass is 9.68. The summed E-state index contributed by atoms with van der Waals surface area (Å²) in [5, 5.41) is 46.0. The first kappa shape index (κ1) is 61.6. The minimum absolute atomic E-state index is 0.122. The van der Waals surface area contributed by atoms with Crippen molar-refractivity contribution in [2.75, 3.05) is 0 Å². The lowest BCUT2D eigenvalue weighted by Gasteiger charge is -2.35. The zero-order valence-electron chi connectivity index (χ0n) is 48.3. The highest BCUT2D eigenvalue weighted by molar-refractivity contribution is 5.99. The van der Waals surface area contributed by atoms with Crippen LogP contribution in [0.5, 0.6) is 0 Å². The average molecular weight is 1040 g/mol. The molecular formula is C68H96O8. The molecule has 4 aromatic rings. The summed E-state index contributed by atoms with van der Waals surface area (Å²) in [7, 11) is 0. The topological polar surface area (TPSA) is 149 Å². The minimum Gasteiger partial charge on any atom is -0.481 e. The summed E-state index contributed by atoms with van der Waals surface area (Å²) in [5.74, 6) is -5.42. The number of carboxylic acid groups (broad SMARTS) is 4. The molecule has 4 N–H and O–H groups in total. The normalized spacial score (nSPS) is 16.9. The molecule has 8 heteroatoms. The van der Waals surface area contributed by atoms with E-state index >= 15 is 0 Å². The van der Waals surface area contributed by atoms with Crippen molar-refractivity contribution in [1.82, 2.24) is 0 Å². The van der Waals surface area contributed by atoms with E-state index in [-0.39, 0.29) is 10.8 Å². The Kier molecular flexibility index (Phi) is 23.5. The molecule has 0 heterocycles. The third-order valence-corrected chi connectivity index (χ3v) is 16.2. The van der Waals surface area contributed by atoms with Crippen molar-refractivity contribution in [3.05, 3.63) is 106 Å². The maximum atomic E-state index is 12.8. The molecule has 0 radical (unpaired) electrons. The van der Waals surface area contributed by atoms with Crippen LogP contribution in [0.2, 0.25) is 0 Å². The van der Waals surface area contributed by atoms with E-state index in [0.717, 1.165) is 131 Å². The van der Waals surface area contributed by atoms with Gasteiger partial charge >= 0.3 is 23.9 Å². The standard InChI is InChI=1S/C37H54O4.C31H42O4/c1-26(2)17-11-7-5-9-13-22-30(36(38)39)33-25-29-21-15-19-28-20-16-24-31(34(28)29)35(33)32(37(40)41)23-14-10-6-8-12-18-27(3)4;1-30(2,3)17-9-15-22(28(32)33)25-19-21-13-7-11-20-12-8-14-23(26(20)21)27(25)24(29(34)35)16-10-18-31(4,5)6/h15-16,19-21,24-27,30,32,35H,5-14,17-18,22-23H2,1-4H3,(H,38,39)(H,40,41);7-8,11-14,19,22,24,27H,9-10,15-18H2,1-6H3,(H,32,33)(H,34,35). The highest BCUT2D eigenvalue weighted by atomic mass is 16.4. The van der Waals surface area contributed by atoms with Gasteiger partial charge in [0.25, 0.3) is 0 Å². The third kappa shape index (κ3) is 17.9. The fourth-order valence-corrected chi connectivity index (χ4v) is 12.3. The summed E-state index contributed by atoms with van der Waals surface area (Å²) in [5.41, 5.74) is 5.73. The second-order valence-electron chi connectivity index (χ2n) is 25.9. The van der Waals surface area contributed by atoms with Crippen molar-refractivity contribution in [2.45, 2.75) is 209 Å². The zero-order chi connectivity index (χ0) is 55.7. The van der Waals surface area contributed by atoms with Gasteiger partial charge in [-0.05, 0) is 116 Å². The Morgan fingerprint density at radius 3 is 1.08 bits per heavy atom. The van der Waals surface area contributed by atoms with E-state index in [1.807, 2.05) is 72.8 Å². The summed E-state index contributed by atoms with van der Waals surface area (Å²) < 4.78 is 0. The molecule has 2 aliphatic carbocycles. The molecule has 0 spiro atoms. The molecule has 0 amide bonds. The second kappa shape index (κ2) is 28.9. The van der Waals surface area contributed by atoms with Gasteiger partial charge in [-0.3, -0.25) is 19.2 Å². The maximum Gasteiger partial charge on any atom is 0.310 e. The van der Waals surface area contributed by atoms with E-state index in [1.165, 1.54) is 38.5 Å². The number of benzene rings is 4. The fourth-order valence-electron chi connectivity index (χ4n) is 12.3. The van der Waals surface area contributed by atoms with Gasteiger partial charge in [0.15, 0.2) is 0 Å². The van der Waals surface area contributed by atoms with Crippen molar-refractivity contribution < 1.29 is 39.6 Å². The van der Waals surface area contributed by atoms with Gasteiger partial charge in [-0.25, -0.2) is 0 Å². The van der Waals surface area contributed by atoms with Crippen LogP contribution in [-0.2, 0) is 19.2 Å². The predicted molar refractivity (Wildman–Crippen MR) is 315 cm³/mol. The number of carboxylic acids is 4. The van der Waals surface area contributed by atoms with Crippen LogP contribution < -0.4 is 0 Å². The molecule has 6 atom stereocenters. The van der Waals surface area contributed by atoms with E-state index in [1.54, 1.807) is 0 Å². The third-order valence-electron chi connectivity index (χ3n) is 16.2. The largest absolute Gasteiger partial charge is 0.481 e. The molecule has 0 saturated carbocycles. The molecule has 76 heavy (non-hydrogen) atoms. The summed E-state index contributed by atoms with van der Waals surface area (Å²) in [6, 6.07) is 24.3. The lowest BCUT2D eigenvalue weighted by molar-refractivity contribution is -0.144.